The minimum absolute atomic E-state index is 0.0254. The minimum Gasteiger partial charge on any atom is -0.497 e. The standard InChI is InChI=1S/C16H24N2O4S/c1-12(2)16(19)18-10-8-13(9-11-18)17-23(20,21)15-6-4-14(22-3)5-7-15/h4-7,12-13,17H,8-11H2,1-3H3. The van der Waals surface area contributed by atoms with Crippen molar-refractivity contribution in [1.82, 2.24) is 9.62 Å². The van der Waals surface area contributed by atoms with Crippen molar-refractivity contribution in [2.45, 2.75) is 37.6 Å². The number of hydrogen-bond acceptors (Lipinski definition) is 4. The van der Waals surface area contributed by atoms with E-state index in [1.807, 2.05) is 18.7 Å². The average Bonchev–Trinajstić information content (AvgIpc) is 2.54. The molecule has 1 fully saturated rings. The van der Waals surface area contributed by atoms with Crippen LogP contribution in [0.3, 0.4) is 0 Å². The Hall–Kier alpha value is -1.60. The quantitative estimate of drug-likeness (QED) is 0.884. The van der Waals surface area contributed by atoms with Crippen LogP contribution in [0.1, 0.15) is 26.7 Å². The van der Waals surface area contributed by atoms with Gasteiger partial charge in [0.1, 0.15) is 5.75 Å². The summed E-state index contributed by atoms with van der Waals surface area (Å²) in [5, 5.41) is 0. The zero-order chi connectivity index (χ0) is 17.0. The second kappa shape index (κ2) is 7.31. The van der Waals surface area contributed by atoms with Crippen molar-refractivity contribution in [3.8, 4) is 5.75 Å². The molecular weight excluding hydrogens is 316 g/mol. The lowest BCUT2D eigenvalue weighted by Gasteiger charge is -2.33. The number of likely N-dealkylation sites (tertiary alicyclic amines) is 1. The van der Waals surface area contributed by atoms with Gasteiger partial charge < -0.3 is 9.64 Å². The van der Waals surface area contributed by atoms with Crippen LogP contribution in [0.2, 0.25) is 0 Å². The average molecular weight is 340 g/mol. The molecule has 0 aliphatic carbocycles. The fourth-order valence-corrected chi connectivity index (χ4v) is 3.93. The molecule has 0 bridgehead atoms. The van der Waals surface area contributed by atoms with Gasteiger partial charge in [0.15, 0.2) is 0 Å². The Bertz CT molecular complexity index is 633. The normalized spacial score (nSPS) is 16.6. The van der Waals surface area contributed by atoms with Gasteiger partial charge in [0.05, 0.1) is 12.0 Å². The molecule has 1 saturated heterocycles. The molecule has 6 nitrogen and oxygen atoms in total. The fourth-order valence-electron chi connectivity index (χ4n) is 2.63. The van der Waals surface area contributed by atoms with Gasteiger partial charge in [-0.05, 0) is 37.1 Å². The highest BCUT2D eigenvalue weighted by Crippen LogP contribution is 2.18. The molecule has 1 aromatic carbocycles. The zero-order valence-corrected chi connectivity index (χ0v) is 14.6. The number of carbonyl (C=O) groups is 1. The fraction of sp³-hybridized carbons (Fsp3) is 0.562. The first kappa shape index (κ1) is 17.7. The van der Waals surface area contributed by atoms with E-state index in [0.717, 1.165) is 0 Å². The van der Waals surface area contributed by atoms with Crippen molar-refractivity contribution in [3.05, 3.63) is 24.3 Å². The highest BCUT2D eigenvalue weighted by Gasteiger charge is 2.27. The zero-order valence-electron chi connectivity index (χ0n) is 13.8. The number of rotatable bonds is 5. The van der Waals surface area contributed by atoms with Crippen molar-refractivity contribution < 1.29 is 17.9 Å². The maximum absolute atomic E-state index is 12.4. The van der Waals surface area contributed by atoms with E-state index in [4.69, 9.17) is 4.74 Å². The number of sulfonamides is 1. The lowest BCUT2D eigenvalue weighted by atomic mass is 10.0. The number of carbonyl (C=O) groups excluding carboxylic acids is 1. The lowest BCUT2D eigenvalue weighted by molar-refractivity contribution is -0.135. The van der Waals surface area contributed by atoms with Gasteiger partial charge in [-0.15, -0.1) is 0 Å². The molecule has 1 amide bonds. The number of benzene rings is 1. The SMILES string of the molecule is COc1ccc(S(=O)(=O)NC2CCN(C(=O)C(C)C)CC2)cc1. The third-order valence-corrected chi connectivity index (χ3v) is 5.53. The van der Waals surface area contributed by atoms with E-state index in [2.05, 4.69) is 4.72 Å². The molecule has 1 heterocycles. The van der Waals surface area contributed by atoms with Crippen LogP contribution in [0.15, 0.2) is 29.2 Å². The summed E-state index contributed by atoms with van der Waals surface area (Å²) in [6.45, 7) is 4.93. The summed E-state index contributed by atoms with van der Waals surface area (Å²) >= 11 is 0. The molecule has 0 saturated carbocycles. The molecule has 0 unspecified atom stereocenters. The van der Waals surface area contributed by atoms with Crippen LogP contribution < -0.4 is 9.46 Å². The predicted octanol–water partition coefficient (Wildman–Crippen LogP) is 1.62. The molecule has 128 valence electrons. The first-order valence-corrected chi connectivity index (χ1v) is 9.27. The number of nitrogens with one attached hydrogen (secondary N) is 1. The van der Waals surface area contributed by atoms with Crippen molar-refractivity contribution in [3.63, 3.8) is 0 Å². The van der Waals surface area contributed by atoms with E-state index < -0.39 is 10.0 Å². The summed E-state index contributed by atoms with van der Waals surface area (Å²) in [5.41, 5.74) is 0. The van der Waals surface area contributed by atoms with Crippen molar-refractivity contribution >= 4 is 15.9 Å². The highest BCUT2D eigenvalue weighted by molar-refractivity contribution is 7.89. The smallest absolute Gasteiger partial charge is 0.240 e. The molecule has 1 aliphatic heterocycles. The van der Waals surface area contributed by atoms with E-state index in [0.29, 0.717) is 31.7 Å². The monoisotopic (exact) mass is 340 g/mol. The Balaban J connectivity index is 1.95. The molecule has 0 spiro atoms. The van der Waals surface area contributed by atoms with E-state index in [1.54, 1.807) is 12.1 Å². The Kier molecular flexibility index (Phi) is 5.64. The molecule has 0 aromatic heterocycles. The van der Waals surface area contributed by atoms with E-state index in [-0.39, 0.29) is 22.8 Å². The highest BCUT2D eigenvalue weighted by atomic mass is 32.2. The van der Waals surface area contributed by atoms with Crippen molar-refractivity contribution in [2.75, 3.05) is 20.2 Å². The third-order valence-electron chi connectivity index (χ3n) is 3.99. The molecule has 2 rings (SSSR count). The Morgan fingerprint density at radius 3 is 2.26 bits per heavy atom. The summed E-state index contributed by atoms with van der Waals surface area (Å²) in [4.78, 5) is 14.0. The van der Waals surface area contributed by atoms with E-state index >= 15 is 0 Å². The maximum Gasteiger partial charge on any atom is 0.240 e. The van der Waals surface area contributed by atoms with Crippen molar-refractivity contribution in [1.29, 1.82) is 0 Å². The maximum atomic E-state index is 12.4. The molecule has 7 heteroatoms. The Morgan fingerprint density at radius 2 is 1.78 bits per heavy atom. The predicted molar refractivity (Wildman–Crippen MR) is 87.8 cm³/mol. The van der Waals surface area contributed by atoms with Gasteiger partial charge in [-0.2, -0.15) is 0 Å². The van der Waals surface area contributed by atoms with Crippen LogP contribution in [0, 0.1) is 5.92 Å². The van der Waals surface area contributed by atoms with Crippen LogP contribution in [0.25, 0.3) is 0 Å². The summed E-state index contributed by atoms with van der Waals surface area (Å²) < 4.78 is 32.5. The van der Waals surface area contributed by atoms with Gasteiger partial charge in [-0.3, -0.25) is 4.79 Å². The summed E-state index contributed by atoms with van der Waals surface area (Å²) in [6, 6.07) is 6.16. The first-order valence-electron chi connectivity index (χ1n) is 7.78. The van der Waals surface area contributed by atoms with Gasteiger partial charge in [0, 0.05) is 25.0 Å². The van der Waals surface area contributed by atoms with Crippen LogP contribution >= 0.6 is 0 Å². The van der Waals surface area contributed by atoms with Gasteiger partial charge >= 0.3 is 0 Å². The summed E-state index contributed by atoms with van der Waals surface area (Å²) in [7, 11) is -2.01. The number of hydrogen-bond donors (Lipinski definition) is 1. The Morgan fingerprint density at radius 1 is 1.22 bits per heavy atom. The first-order chi connectivity index (χ1) is 10.8. The second-order valence-corrected chi connectivity index (χ2v) is 7.77. The van der Waals surface area contributed by atoms with E-state index in [9.17, 15) is 13.2 Å². The van der Waals surface area contributed by atoms with E-state index in [1.165, 1.54) is 19.2 Å². The molecule has 1 aliphatic rings. The summed E-state index contributed by atoms with van der Waals surface area (Å²) in [5.74, 6) is 0.716. The molecular formula is C16H24N2O4S. The lowest BCUT2D eigenvalue weighted by Crippen LogP contribution is -2.47. The molecule has 0 atom stereocenters. The second-order valence-electron chi connectivity index (χ2n) is 6.05. The van der Waals surface area contributed by atoms with Crippen LogP contribution in [-0.2, 0) is 14.8 Å². The number of nitrogens with zero attached hydrogens (tertiary/aromatic N) is 1. The Labute approximate surface area is 137 Å². The van der Waals surface area contributed by atoms with Gasteiger partial charge in [-0.25, -0.2) is 13.1 Å². The number of ether oxygens (including phenoxy) is 1. The van der Waals surface area contributed by atoms with Crippen LogP contribution in [-0.4, -0.2) is 45.5 Å². The van der Waals surface area contributed by atoms with Gasteiger partial charge in [0.2, 0.25) is 15.9 Å². The largest absolute Gasteiger partial charge is 0.497 e. The van der Waals surface area contributed by atoms with Crippen LogP contribution in [0.4, 0.5) is 0 Å². The minimum atomic E-state index is -3.55. The van der Waals surface area contributed by atoms with Gasteiger partial charge in [-0.1, -0.05) is 13.8 Å². The molecule has 1 aromatic rings. The summed E-state index contributed by atoms with van der Waals surface area (Å²) in [6.07, 6.45) is 1.27. The molecule has 23 heavy (non-hydrogen) atoms. The number of piperidine rings is 1. The molecule has 1 N–H and O–H groups in total. The molecule has 0 radical (unpaired) electrons. The van der Waals surface area contributed by atoms with Crippen molar-refractivity contribution in [2.24, 2.45) is 5.92 Å². The third kappa shape index (κ3) is 4.45. The number of methoxy groups -OCH3 is 1. The topological polar surface area (TPSA) is 75.7 Å². The number of amides is 1. The van der Waals surface area contributed by atoms with Gasteiger partial charge in [0.25, 0.3) is 0 Å². The van der Waals surface area contributed by atoms with Crippen LogP contribution in [0.5, 0.6) is 5.75 Å².